The zero-order chi connectivity index (χ0) is 55.8. The Labute approximate surface area is 438 Å². The second-order valence-corrected chi connectivity index (χ2v) is 17.7. The molecule has 6 aromatic rings. The minimum Gasteiger partial charge on any atom is -0.494 e. The number of ether oxygens (including phenoxy) is 2. The summed E-state index contributed by atoms with van der Waals surface area (Å²) in [6, 6.07) is 7.58. The SMILES string of the molecule is CCn1nc(C)cc1C(=O)Nc1nc2cc(C(N)=O)cc(OC)c2n1C/C=C/Cn1c(NC(=O)c2cc(C)nn2CC)nc2cc(C(N)=O)cc(OCCCN(C)C(=O)C(CC(=O)O)NC(=O)CCN3C(=O)C=CC3=O)c21. The van der Waals surface area contributed by atoms with E-state index in [0.717, 1.165) is 17.1 Å². The molecule has 8 N–H and O–H groups in total. The molecule has 404 valence electrons. The summed E-state index contributed by atoms with van der Waals surface area (Å²) in [5.41, 5.74) is 14.6. The molecule has 0 aliphatic carbocycles. The number of hydrogen-bond acceptors (Lipinski definition) is 15. The van der Waals surface area contributed by atoms with Gasteiger partial charge in [0, 0.05) is 76.0 Å². The Balaban J connectivity index is 1.17. The van der Waals surface area contributed by atoms with Crippen molar-refractivity contribution in [1.29, 1.82) is 0 Å². The lowest BCUT2D eigenvalue weighted by Crippen LogP contribution is -2.49. The zero-order valence-electron chi connectivity index (χ0n) is 43.0. The lowest BCUT2D eigenvalue weighted by Gasteiger charge is -2.24. The van der Waals surface area contributed by atoms with E-state index in [-0.39, 0.29) is 97.1 Å². The van der Waals surface area contributed by atoms with Crippen molar-refractivity contribution in [3.8, 4) is 11.5 Å². The van der Waals surface area contributed by atoms with Crippen LogP contribution in [0.3, 0.4) is 0 Å². The zero-order valence-corrected chi connectivity index (χ0v) is 43.0. The standard InChI is InChI=1S/C50H57N15O12/c1-7-64-34(20-27(3)58-64)46(73)56-49-54-31-22-29(44(51)71)24-36(76-6)42(31)62(49)16-9-10-17-63-43-32(55-50(63)57-47(74)35-21-28(4)59-65(35)8-2)23-30(45(52)72)25-37(43)77-19-11-15-60(5)48(75)33(26-41(69)70)53-38(66)14-18-61-39(67)12-13-40(61)68/h9-10,12-13,20-25,33H,7-8,11,14-19,26H2,1-6H3,(H2,51,71)(H2,52,72)(H,53,66)(H,69,70)(H,54,56,73)(H,55,57,74)/b10-9+. The van der Waals surface area contributed by atoms with Crippen LogP contribution < -0.4 is 36.9 Å². The maximum absolute atomic E-state index is 14.0. The van der Waals surface area contributed by atoms with E-state index in [2.05, 4.69) is 31.1 Å². The lowest BCUT2D eigenvalue weighted by atomic mass is 10.1. The maximum Gasteiger partial charge on any atom is 0.305 e. The summed E-state index contributed by atoms with van der Waals surface area (Å²) in [6.07, 6.45) is 4.65. The van der Waals surface area contributed by atoms with E-state index in [9.17, 15) is 48.3 Å². The minimum absolute atomic E-state index is 0.00163. The number of imide groups is 1. The highest BCUT2D eigenvalue weighted by molar-refractivity contribution is 6.13. The van der Waals surface area contributed by atoms with Crippen molar-refractivity contribution in [3.63, 3.8) is 0 Å². The molecule has 8 amide bonds. The average Bonchev–Trinajstić information content (AvgIpc) is 4.24. The van der Waals surface area contributed by atoms with Crippen molar-refractivity contribution in [1.82, 2.24) is 53.8 Å². The van der Waals surface area contributed by atoms with E-state index >= 15 is 0 Å². The molecule has 1 aliphatic heterocycles. The Kier molecular flexibility index (Phi) is 16.9. The predicted molar refractivity (Wildman–Crippen MR) is 276 cm³/mol. The maximum atomic E-state index is 14.0. The number of nitrogens with zero attached hydrogens (tertiary/aromatic N) is 10. The second kappa shape index (κ2) is 23.7. The number of hydrogen-bond donors (Lipinski definition) is 6. The lowest BCUT2D eigenvalue weighted by molar-refractivity contribution is -0.143. The molecule has 0 saturated heterocycles. The molecule has 0 fully saturated rings. The molecule has 1 atom stereocenters. The van der Waals surface area contributed by atoms with Gasteiger partial charge < -0.3 is 45.4 Å². The first-order valence-corrected chi connectivity index (χ1v) is 24.2. The topological polar surface area (TPSA) is 358 Å². The number of carboxylic acid groups (broad SMARTS) is 1. The van der Waals surface area contributed by atoms with Crippen LogP contribution in [0, 0.1) is 13.8 Å². The Hall–Kier alpha value is -9.69. The number of likely N-dealkylation sites (N-methyl/N-ethyl adjacent to an activating group) is 1. The van der Waals surface area contributed by atoms with Gasteiger partial charge in [0.15, 0.2) is 0 Å². The van der Waals surface area contributed by atoms with Crippen molar-refractivity contribution >= 4 is 87.2 Å². The molecule has 2 aromatic carbocycles. The first kappa shape index (κ1) is 55.1. The number of carbonyl (C=O) groups is 9. The minimum atomic E-state index is -1.48. The average molecular weight is 1060 g/mol. The normalized spacial score (nSPS) is 12.7. The van der Waals surface area contributed by atoms with Gasteiger partial charge in [0.05, 0.1) is 42.6 Å². The van der Waals surface area contributed by atoms with Gasteiger partial charge in [-0.1, -0.05) is 12.2 Å². The predicted octanol–water partition coefficient (Wildman–Crippen LogP) is 1.90. The van der Waals surface area contributed by atoms with Gasteiger partial charge in [-0.3, -0.25) is 68.0 Å². The number of rotatable bonds is 25. The first-order valence-electron chi connectivity index (χ1n) is 24.2. The van der Waals surface area contributed by atoms with E-state index in [1.54, 1.807) is 51.9 Å². The third-order valence-electron chi connectivity index (χ3n) is 12.2. The van der Waals surface area contributed by atoms with Gasteiger partial charge in [-0.05, 0) is 70.5 Å². The van der Waals surface area contributed by atoms with Crippen molar-refractivity contribution in [2.75, 3.05) is 44.5 Å². The Morgan fingerprint density at radius 2 is 1.25 bits per heavy atom. The third-order valence-corrected chi connectivity index (χ3v) is 12.2. The quantitative estimate of drug-likeness (QED) is 0.0271. The Morgan fingerprint density at radius 1 is 0.753 bits per heavy atom. The van der Waals surface area contributed by atoms with Crippen molar-refractivity contribution in [2.24, 2.45) is 11.5 Å². The number of imidazole rings is 2. The number of carbonyl (C=O) groups excluding carboxylic acids is 8. The number of methoxy groups -OCH3 is 1. The van der Waals surface area contributed by atoms with Gasteiger partial charge in [-0.15, -0.1) is 0 Å². The highest BCUT2D eigenvalue weighted by atomic mass is 16.5. The number of aryl methyl sites for hydroxylation is 4. The van der Waals surface area contributed by atoms with Gasteiger partial charge in [-0.2, -0.15) is 10.2 Å². The van der Waals surface area contributed by atoms with Crippen LogP contribution in [0.4, 0.5) is 11.9 Å². The van der Waals surface area contributed by atoms with Gasteiger partial charge >= 0.3 is 5.97 Å². The molecule has 1 aliphatic rings. The van der Waals surface area contributed by atoms with E-state index in [1.807, 2.05) is 13.8 Å². The van der Waals surface area contributed by atoms with E-state index in [1.165, 1.54) is 48.0 Å². The molecule has 0 bridgehead atoms. The molecular formula is C50H57N15O12. The van der Waals surface area contributed by atoms with Crippen LogP contribution >= 0.6 is 0 Å². The fourth-order valence-corrected chi connectivity index (χ4v) is 8.55. The number of aromatic nitrogens is 8. The van der Waals surface area contributed by atoms with Crippen LogP contribution in [-0.2, 0) is 50.2 Å². The molecule has 5 heterocycles. The number of carboxylic acids is 1. The summed E-state index contributed by atoms with van der Waals surface area (Å²) >= 11 is 0. The summed E-state index contributed by atoms with van der Waals surface area (Å²) in [4.78, 5) is 126. The van der Waals surface area contributed by atoms with Crippen molar-refractivity contribution in [2.45, 2.75) is 79.2 Å². The highest BCUT2D eigenvalue weighted by Crippen LogP contribution is 2.33. The molecular weight excluding hydrogens is 1000 g/mol. The molecule has 0 radical (unpaired) electrons. The Morgan fingerprint density at radius 3 is 1.71 bits per heavy atom. The van der Waals surface area contributed by atoms with E-state index in [0.29, 0.717) is 41.0 Å². The van der Waals surface area contributed by atoms with Crippen LogP contribution in [0.1, 0.15) is 86.2 Å². The number of allylic oxidation sites excluding steroid dienone is 2. The van der Waals surface area contributed by atoms with Crippen LogP contribution in [0.5, 0.6) is 11.5 Å². The molecule has 4 aromatic heterocycles. The van der Waals surface area contributed by atoms with Crippen LogP contribution in [-0.4, -0.2) is 147 Å². The second-order valence-electron chi connectivity index (χ2n) is 17.7. The van der Waals surface area contributed by atoms with Crippen LogP contribution in [0.25, 0.3) is 22.1 Å². The molecule has 1 unspecified atom stereocenters. The fraction of sp³-hybridized carbons (Fsp3) is 0.340. The van der Waals surface area contributed by atoms with Gasteiger partial charge in [-0.25, -0.2) is 9.97 Å². The van der Waals surface area contributed by atoms with Crippen molar-refractivity contribution in [3.05, 3.63) is 94.6 Å². The number of amides is 8. The Bertz CT molecular complexity index is 3400. The third kappa shape index (κ3) is 12.5. The first-order chi connectivity index (χ1) is 36.7. The molecule has 7 rings (SSSR count). The largest absolute Gasteiger partial charge is 0.494 e. The molecule has 0 saturated carbocycles. The van der Waals surface area contributed by atoms with Gasteiger partial charge in [0.25, 0.3) is 23.6 Å². The highest BCUT2D eigenvalue weighted by Gasteiger charge is 2.29. The smallest absolute Gasteiger partial charge is 0.305 e. The number of fused-ring (bicyclic) bond motifs is 2. The summed E-state index contributed by atoms with van der Waals surface area (Å²) in [6.45, 7) is 7.70. The van der Waals surface area contributed by atoms with Gasteiger partial charge in [0.1, 0.15) is 40.0 Å². The monoisotopic (exact) mass is 1060 g/mol. The summed E-state index contributed by atoms with van der Waals surface area (Å²) in [5.74, 6) is -6.12. The number of primary amides is 2. The van der Waals surface area contributed by atoms with Gasteiger partial charge in [0.2, 0.25) is 35.5 Å². The molecule has 27 heteroatoms. The fourth-order valence-electron chi connectivity index (χ4n) is 8.55. The molecule has 0 spiro atoms. The number of benzene rings is 2. The number of anilines is 2. The number of aliphatic carboxylic acids is 1. The summed E-state index contributed by atoms with van der Waals surface area (Å²) in [5, 5.41) is 26.5. The summed E-state index contributed by atoms with van der Waals surface area (Å²) in [7, 11) is 2.82. The van der Waals surface area contributed by atoms with Crippen LogP contribution in [0.15, 0.2) is 60.7 Å². The van der Waals surface area contributed by atoms with E-state index < -0.39 is 65.7 Å². The van der Waals surface area contributed by atoms with E-state index in [4.69, 9.17) is 25.9 Å². The van der Waals surface area contributed by atoms with Crippen molar-refractivity contribution < 1.29 is 57.7 Å². The van der Waals surface area contributed by atoms with Crippen LogP contribution in [0.2, 0.25) is 0 Å². The summed E-state index contributed by atoms with van der Waals surface area (Å²) < 4.78 is 18.4. The number of nitrogens with two attached hydrogens (primary N) is 2. The molecule has 77 heavy (non-hydrogen) atoms. The number of nitrogens with one attached hydrogen (secondary N) is 3. The molecule has 27 nitrogen and oxygen atoms in total.